The number of aryl methyl sites for hydroxylation is 1. The van der Waals surface area contributed by atoms with Crippen LogP contribution in [0.2, 0.25) is 0 Å². The van der Waals surface area contributed by atoms with Crippen LogP contribution >= 0.6 is 0 Å². The Morgan fingerprint density at radius 2 is 2.46 bits per heavy atom. The SMILES string of the molecule is C=C(C)C(NCC)c1ccnn1C. The van der Waals surface area contributed by atoms with Crippen LogP contribution in [-0.2, 0) is 7.05 Å². The van der Waals surface area contributed by atoms with E-state index in [1.54, 1.807) is 0 Å². The largest absolute Gasteiger partial charge is 0.306 e. The molecule has 0 bridgehead atoms. The third-order valence-corrected chi connectivity index (χ3v) is 2.06. The Balaban J connectivity index is 2.88. The number of nitrogens with zero attached hydrogens (tertiary/aromatic N) is 2. The lowest BCUT2D eigenvalue weighted by molar-refractivity contribution is 0.566. The van der Waals surface area contributed by atoms with E-state index in [1.807, 2.05) is 30.9 Å². The highest BCUT2D eigenvalue weighted by Gasteiger charge is 2.13. The van der Waals surface area contributed by atoms with Crippen molar-refractivity contribution in [3.05, 3.63) is 30.1 Å². The molecule has 1 rings (SSSR count). The van der Waals surface area contributed by atoms with E-state index in [0.29, 0.717) is 0 Å². The van der Waals surface area contributed by atoms with Gasteiger partial charge in [0.05, 0.1) is 11.7 Å². The number of rotatable bonds is 4. The average Bonchev–Trinajstić information content (AvgIpc) is 2.47. The molecule has 0 amide bonds. The molecule has 1 atom stereocenters. The van der Waals surface area contributed by atoms with Crippen molar-refractivity contribution in [1.82, 2.24) is 15.1 Å². The molecule has 1 aromatic rings. The lowest BCUT2D eigenvalue weighted by Gasteiger charge is -2.17. The summed E-state index contributed by atoms with van der Waals surface area (Å²) in [5.41, 5.74) is 2.28. The normalized spacial score (nSPS) is 12.8. The topological polar surface area (TPSA) is 29.9 Å². The number of nitrogens with one attached hydrogen (secondary N) is 1. The monoisotopic (exact) mass is 179 g/mol. The molecule has 0 saturated carbocycles. The van der Waals surface area contributed by atoms with Crippen LogP contribution in [0, 0.1) is 0 Å². The summed E-state index contributed by atoms with van der Waals surface area (Å²) in [5.74, 6) is 0. The zero-order valence-corrected chi connectivity index (χ0v) is 8.54. The van der Waals surface area contributed by atoms with Crippen molar-refractivity contribution >= 4 is 0 Å². The van der Waals surface area contributed by atoms with Crippen LogP contribution < -0.4 is 5.32 Å². The van der Waals surface area contributed by atoms with E-state index < -0.39 is 0 Å². The van der Waals surface area contributed by atoms with Gasteiger partial charge in [0.15, 0.2) is 0 Å². The van der Waals surface area contributed by atoms with E-state index >= 15 is 0 Å². The smallest absolute Gasteiger partial charge is 0.0702 e. The van der Waals surface area contributed by atoms with E-state index in [1.165, 1.54) is 0 Å². The van der Waals surface area contributed by atoms with Gasteiger partial charge in [-0.05, 0) is 19.5 Å². The molecule has 13 heavy (non-hydrogen) atoms. The third-order valence-electron chi connectivity index (χ3n) is 2.06. The molecule has 0 radical (unpaired) electrons. The summed E-state index contributed by atoms with van der Waals surface area (Å²) in [5, 5.41) is 7.50. The van der Waals surface area contributed by atoms with Gasteiger partial charge < -0.3 is 5.32 Å². The fourth-order valence-electron chi connectivity index (χ4n) is 1.40. The number of hydrogen-bond acceptors (Lipinski definition) is 2. The molecule has 1 heterocycles. The van der Waals surface area contributed by atoms with Gasteiger partial charge in [-0.25, -0.2) is 0 Å². The lowest BCUT2D eigenvalue weighted by Crippen LogP contribution is -2.23. The van der Waals surface area contributed by atoms with Gasteiger partial charge in [-0.1, -0.05) is 19.1 Å². The van der Waals surface area contributed by atoms with Gasteiger partial charge in [0.2, 0.25) is 0 Å². The van der Waals surface area contributed by atoms with E-state index in [9.17, 15) is 0 Å². The van der Waals surface area contributed by atoms with Crippen molar-refractivity contribution in [2.24, 2.45) is 7.05 Å². The fourth-order valence-corrected chi connectivity index (χ4v) is 1.40. The second-order valence-corrected chi connectivity index (χ2v) is 3.22. The van der Waals surface area contributed by atoms with Crippen LogP contribution in [0.5, 0.6) is 0 Å². The van der Waals surface area contributed by atoms with Gasteiger partial charge in [-0.15, -0.1) is 0 Å². The third kappa shape index (κ3) is 2.18. The summed E-state index contributed by atoms with van der Waals surface area (Å²) >= 11 is 0. The van der Waals surface area contributed by atoms with Crippen molar-refractivity contribution in [3.63, 3.8) is 0 Å². The van der Waals surface area contributed by atoms with Crippen molar-refractivity contribution in [3.8, 4) is 0 Å². The summed E-state index contributed by atoms with van der Waals surface area (Å²) in [4.78, 5) is 0. The van der Waals surface area contributed by atoms with Crippen LogP contribution in [0.4, 0.5) is 0 Å². The zero-order chi connectivity index (χ0) is 9.84. The van der Waals surface area contributed by atoms with Crippen molar-refractivity contribution in [1.29, 1.82) is 0 Å². The average molecular weight is 179 g/mol. The van der Waals surface area contributed by atoms with E-state index in [-0.39, 0.29) is 6.04 Å². The summed E-state index contributed by atoms with van der Waals surface area (Å²) < 4.78 is 1.88. The summed E-state index contributed by atoms with van der Waals surface area (Å²) in [6.07, 6.45) is 1.81. The first kappa shape index (κ1) is 9.99. The molecule has 0 spiro atoms. The van der Waals surface area contributed by atoms with Gasteiger partial charge in [0.1, 0.15) is 0 Å². The molecule has 72 valence electrons. The predicted octanol–water partition coefficient (Wildman–Crippen LogP) is 1.65. The van der Waals surface area contributed by atoms with Crippen molar-refractivity contribution in [2.45, 2.75) is 19.9 Å². The molecule has 1 N–H and O–H groups in total. The summed E-state index contributed by atoms with van der Waals surface area (Å²) in [7, 11) is 1.95. The first-order valence-electron chi connectivity index (χ1n) is 4.53. The van der Waals surface area contributed by atoms with E-state index in [2.05, 4.69) is 23.9 Å². The summed E-state index contributed by atoms with van der Waals surface area (Å²) in [6.45, 7) is 9.02. The molecule has 0 aliphatic rings. The second kappa shape index (κ2) is 4.23. The highest BCUT2D eigenvalue weighted by molar-refractivity contribution is 5.18. The molecular weight excluding hydrogens is 162 g/mol. The van der Waals surface area contributed by atoms with Gasteiger partial charge in [-0.3, -0.25) is 4.68 Å². The highest BCUT2D eigenvalue weighted by atomic mass is 15.3. The number of likely N-dealkylation sites (N-methyl/N-ethyl adjacent to an activating group) is 1. The van der Waals surface area contributed by atoms with Gasteiger partial charge >= 0.3 is 0 Å². The maximum absolute atomic E-state index is 4.14. The molecule has 0 saturated heterocycles. The van der Waals surface area contributed by atoms with Crippen LogP contribution in [0.25, 0.3) is 0 Å². The molecule has 3 heteroatoms. The number of aromatic nitrogens is 2. The Morgan fingerprint density at radius 1 is 1.77 bits per heavy atom. The molecule has 0 aromatic carbocycles. The van der Waals surface area contributed by atoms with E-state index in [4.69, 9.17) is 0 Å². The van der Waals surface area contributed by atoms with Gasteiger partial charge in [-0.2, -0.15) is 5.10 Å². The minimum absolute atomic E-state index is 0.220. The molecule has 1 unspecified atom stereocenters. The van der Waals surface area contributed by atoms with Crippen LogP contribution in [0.3, 0.4) is 0 Å². The van der Waals surface area contributed by atoms with Crippen LogP contribution in [0.1, 0.15) is 25.6 Å². The van der Waals surface area contributed by atoms with E-state index in [0.717, 1.165) is 17.8 Å². The Hall–Kier alpha value is -1.09. The quantitative estimate of drug-likeness (QED) is 0.712. The maximum Gasteiger partial charge on any atom is 0.0702 e. The molecule has 3 nitrogen and oxygen atoms in total. The first-order valence-corrected chi connectivity index (χ1v) is 4.53. The highest BCUT2D eigenvalue weighted by Crippen LogP contribution is 2.18. The molecular formula is C10H17N3. The minimum Gasteiger partial charge on any atom is -0.306 e. The van der Waals surface area contributed by atoms with Crippen molar-refractivity contribution < 1.29 is 0 Å². The van der Waals surface area contributed by atoms with Gasteiger partial charge in [0, 0.05) is 13.2 Å². The lowest BCUT2D eigenvalue weighted by atomic mass is 10.1. The second-order valence-electron chi connectivity index (χ2n) is 3.22. The molecule has 0 aliphatic heterocycles. The zero-order valence-electron chi connectivity index (χ0n) is 8.54. The standard InChI is InChI=1S/C10H17N3/c1-5-11-10(8(2)3)9-6-7-12-13(9)4/h6-7,10-11H,2,5H2,1,3-4H3. The van der Waals surface area contributed by atoms with Crippen molar-refractivity contribution in [2.75, 3.05) is 6.54 Å². The minimum atomic E-state index is 0.220. The fraction of sp³-hybridized carbons (Fsp3) is 0.500. The first-order chi connectivity index (χ1) is 6.16. The molecule has 1 aromatic heterocycles. The van der Waals surface area contributed by atoms with Gasteiger partial charge in [0.25, 0.3) is 0 Å². The Bertz CT molecular complexity index is 288. The predicted molar refractivity (Wildman–Crippen MR) is 54.4 cm³/mol. The van der Waals surface area contributed by atoms with Crippen LogP contribution in [0.15, 0.2) is 24.4 Å². The maximum atomic E-state index is 4.14. The summed E-state index contributed by atoms with van der Waals surface area (Å²) in [6, 6.07) is 2.24. The Labute approximate surface area is 79.5 Å². The molecule has 0 fully saturated rings. The Kier molecular flexibility index (Phi) is 3.25. The molecule has 0 aliphatic carbocycles. The van der Waals surface area contributed by atoms with Crippen LogP contribution in [-0.4, -0.2) is 16.3 Å². The number of hydrogen-bond donors (Lipinski definition) is 1. The Morgan fingerprint density at radius 3 is 2.85 bits per heavy atom.